The minimum Gasteiger partial charge on any atom is -0.408 e. The lowest BCUT2D eigenvalue weighted by Gasteiger charge is -2.36. The highest BCUT2D eigenvalue weighted by Crippen LogP contribution is 2.21. The number of nitrogens with two attached hydrogens (primary N) is 1. The molecule has 1 aromatic carbocycles. The molecule has 0 saturated carbocycles. The van der Waals surface area contributed by atoms with Crippen LogP contribution in [-0.2, 0) is 6.54 Å². The van der Waals surface area contributed by atoms with Crippen molar-refractivity contribution in [3.63, 3.8) is 0 Å². The Balaban J connectivity index is 2.10. The van der Waals surface area contributed by atoms with E-state index in [9.17, 15) is 5.11 Å². The number of hydrogen-bond acceptors (Lipinski definition) is 7. The van der Waals surface area contributed by atoms with Gasteiger partial charge in [-0.2, -0.15) is 4.98 Å². The molecule has 0 spiro atoms. The molecule has 1 aromatic heterocycles. The Kier molecular flexibility index (Phi) is 7.21. The number of nitrogens with one attached hydrogen (secondary N) is 2. The van der Waals surface area contributed by atoms with Crippen molar-refractivity contribution in [3.8, 4) is 0 Å². The number of halogens is 1. The number of allylic oxidation sites excluding steroid dienone is 1. The highest BCUT2D eigenvalue weighted by Gasteiger charge is 2.31. The van der Waals surface area contributed by atoms with E-state index in [1.54, 1.807) is 0 Å². The van der Waals surface area contributed by atoms with Gasteiger partial charge in [0.25, 0.3) is 0 Å². The maximum Gasteiger partial charge on any atom is 0.229 e. The summed E-state index contributed by atoms with van der Waals surface area (Å²) >= 11 is 6.13. The second-order valence-electron chi connectivity index (χ2n) is 5.89. The van der Waals surface area contributed by atoms with Crippen LogP contribution >= 0.6 is 11.6 Å². The SMILES string of the molecule is [B]C([B])(O)C([B])([B])N=CC(=CN)Nc1ncc(Cl)c(NCc2ccccc2)n1. The quantitative estimate of drug-likeness (QED) is 0.376. The number of hydrogen-bond donors (Lipinski definition) is 4. The normalized spacial score (nSPS) is 12.9. The van der Waals surface area contributed by atoms with Crippen molar-refractivity contribution in [2.45, 2.75) is 17.3 Å². The van der Waals surface area contributed by atoms with Crippen LogP contribution < -0.4 is 16.4 Å². The Hall–Kier alpha value is -2.38. The summed E-state index contributed by atoms with van der Waals surface area (Å²) in [4.78, 5) is 12.1. The molecule has 28 heavy (non-hydrogen) atoms. The molecule has 0 fully saturated rings. The van der Waals surface area contributed by atoms with E-state index < -0.39 is 10.7 Å². The molecule has 0 aliphatic rings. The minimum absolute atomic E-state index is 0.179. The van der Waals surface area contributed by atoms with Crippen LogP contribution in [0.2, 0.25) is 5.02 Å². The van der Waals surface area contributed by atoms with Gasteiger partial charge in [0.05, 0.1) is 27.6 Å². The molecule has 2 rings (SSSR count). The largest absolute Gasteiger partial charge is 0.408 e. The lowest BCUT2D eigenvalue weighted by molar-refractivity contribution is 0.196. The van der Waals surface area contributed by atoms with Gasteiger partial charge in [-0.3, -0.25) is 0 Å². The smallest absolute Gasteiger partial charge is 0.229 e. The van der Waals surface area contributed by atoms with Gasteiger partial charge in [-0.15, -0.1) is 0 Å². The van der Waals surface area contributed by atoms with Crippen LogP contribution in [0, 0.1) is 0 Å². The standard InChI is InChI=1S/C16H15B4ClN6O/c17-15(18,16(19,20)28)25-8-11(6-22)26-14-24-9-12(21)13(27-14)23-7-10-4-2-1-3-5-10/h1-6,8-9,28H,7,22H2,(H2,23,24,26,27). The topological polar surface area (TPSA) is 108 Å². The summed E-state index contributed by atoms with van der Waals surface area (Å²) in [6, 6.07) is 9.73. The Morgan fingerprint density at radius 3 is 2.54 bits per heavy atom. The summed E-state index contributed by atoms with van der Waals surface area (Å²) < 4.78 is 0. The zero-order valence-electron chi connectivity index (χ0n) is 14.9. The van der Waals surface area contributed by atoms with Crippen molar-refractivity contribution in [2.24, 2.45) is 10.7 Å². The first-order chi connectivity index (χ1) is 13.1. The zero-order valence-corrected chi connectivity index (χ0v) is 15.6. The summed E-state index contributed by atoms with van der Waals surface area (Å²) in [6.07, 6.45) is 3.73. The number of anilines is 2. The Labute approximate surface area is 173 Å². The van der Waals surface area contributed by atoms with Crippen LogP contribution in [0.25, 0.3) is 0 Å². The van der Waals surface area contributed by atoms with E-state index in [4.69, 9.17) is 48.7 Å². The summed E-state index contributed by atoms with van der Waals surface area (Å²) in [5.41, 5.74) is 6.82. The first-order valence-electron chi connectivity index (χ1n) is 8.05. The second-order valence-corrected chi connectivity index (χ2v) is 6.29. The Morgan fingerprint density at radius 2 is 1.93 bits per heavy atom. The summed E-state index contributed by atoms with van der Waals surface area (Å²) in [6.45, 7) is 0.520. The molecule has 134 valence electrons. The van der Waals surface area contributed by atoms with Gasteiger partial charge in [0.2, 0.25) is 5.95 Å². The van der Waals surface area contributed by atoms with Gasteiger partial charge in [-0.1, -0.05) is 41.9 Å². The van der Waals surface area contributed by atoms with E-state index in [2.05, 4.69) is 25.6 Å². The third-order valence-electron chi connectivity index (χ3n) is 3.54. The van der Waals surface area contributed by atoms with E-state index in [1.165, 1.54) is 12.4 Å². The summed E-state index contributed by atoms with van der Waals surface area (Å²) in [5, 5.41) is 11.2. The van der Waals surface area contributed by atoms with Crippen LogP contribution in [0.5, 0.6) is 0 Å². The van der Waals surface area contributed by atoms with Crippen LogP contribution in [-0.4, -0.2) is 63.4 Å². The molecule has 8 radical (unpaired) electrons. The molecule has 7 nitrogen and oxygen atoms in total. The highest BCUT2D eigenvalue weighted by molar-refractivity contribution is 6.54. The first kappa shape index (κ1) is 21.9. The monoisotopic (exact) mass is 386 g/mol. The molecule has 2 aromatic rings. The predicted octanol–water partition coefficient (Wildman–Crippen LogP) is -0.00120. The minimum atomic E-state index is -2.44. The maximum atomic E-state index is 9.51. The lowest BCUT2D eigenvalue weighted by atomic mass is 9.40. The highest BCUT2D eigenvalue weighted by atomic mass is 35.5. The van der Waals surface area contributed by atoms with Crippen LogP contribution in [0.4, 0.5) is 11.8 Å². The van der Waals surface area contributed by atoms with Gasteiger partial charge in [0.1, 0.15) is 20.7 Å². The third-order valence-corrected chi connectivity index (χ3v) is 3.82. The molecule has 5 N–H and O–H groups in total. The van der Waals surface area contributed by atoms with Crippen molar-refractivity contribution in [2.75, 3.05) is 10.6 Å². The molecule has 0 aliphatic heterocycles. The molecular weight excluding hydrogens is 371 g/mol. The van der Waals surface area contributed by atoms with Gasteiger partial charge >= 0.3 is 0 Å². The number of rotatable bonds is 8. The lowest BCUT2D eigenvalue weighted by Crippen LogP contribution is -2.55. The Morgan fingerprint density at radius 1 is 1.25 bits per heavy atom. The third kappa shape index (κ3) is 6.07. The number of nitrogens with zero attached hydrogens (tertiary/aromatic N) is 3. The van der Waals surface area contributed by atoms with E-state index in [-0.39, 0.29) is 11.6 Å². The first-order valence-corrected chi connectivity index (χ1v) is 8.42. The molecule has 0 unspecified atom stereocenters. The number of benzene rings is 1. The Bertz CT molecular complexity index is 858. The molecular formula is C16H15B4ClN6O. The molecule has 0 bridgehead atoms. The molecule has 0 amide bonds. The predicted molar refractivity (Wildman–Crippen MR) is 116 cm³/mol. The summed E-state index contributed by atoms with van der Waals surface area (Å²) in [7, 11) is 21.6. The fourth-order valence-electron chi connectivity index (χ4n) is 1.86. The van der Waals surface area contributed by atoms with Crippen molar-refractivity contribution in [1.82, 2.24) is 9.97 Å². The number of aromatic nitrogens is 2. The van der Waals surface area contributed by atoms with Crippen molar-refractivity contribution < 1.29 is 5.11 Å². The fourth-order valence-corrected chi connectivity index (χ4v) is 2.02. The van der Waals surface area contributed by atoms with Crippen molar-refractivity contribution in [1.29, 1.82) is 0 Å². The van der Waals surface area contributed by atoms with Gasteiger partial charge in [0, 0.05) is 19.0 Å². The number of aliphatic imine (C=N–C) groups is 1. The van der Waals surface area contributed by atoms with Crippen molar-refractivity contribution >= 4 is 61.0 Å². The second kappa shape index (κ2) is 9.21. The van der Waals surface area contributed by atoms with Gasteiger partial charge in [-0.25, -0.2) is 4.98 Å². The summed E-state index contributed by atoms with van der Waals surface area (Å²) in [5.74, 6) is 0.597. The maximum absolute atomic E-state index is 9.51. The molecule has 12 heteroatoms. The molecule has 0 aliphatic carbocycles. The van der Waals surface area contributed by atoms with E-state index in [0.29, 0.717) is 17.4 Å². The van der Waals surface area contributed by atoms with Gasteiger partial charge < -0.3 is 26.5 Å². The molecule has 1 heterocycles. The van der Waals surface area contributed by atoms with Gasteiger partial charge in [-0.05, 0) is 16.3 Å². The number of aliphatic hydroxyl groups is 1. The molecule has 0 atom stereocenters. The van der Waals surface area contributed by atoms with Crippen LogP contribution in [0.1, 0.15) is 5.56 Å². The van der Waals surface area contributed by atoms with E-state index in [0.717, 1.165) is 11.8 Å². The zero-order chi connectivity index (χ0) is 20.8. The molecule has 0 saturated heterocycles. The van der Waals surface area contributed by atoms with Crippen molar-refractivity contribution in [3.05, 3.63) is 59.0 Å². The van der Waals surface area contributed by atoms with E-state index in [1.807, 2.05) is 30.3 Å². The fraction of sp³-hybridized carbons (Fsp3) is 0.188. The van der Waals surface area contributed by atoms with Gasteiger partial charge in [0.15, 0.2) is 5.82 Å². The average molecular weight is 386 g/mol. The average Bonchev–Trinajstić information content (AvgIpc) is 2.65. The van der Waals surface area contributed by atoms with Crippen LogP contribution in [0.3, 0.4) is 0 Å². The van der Waals surface area contributed by atoms with E-state index >= 15 is 0 Å². The van der Waals surface area contributed by atoms with Crippen LogP contribution in [0.15, 0.2) is 53.4 Å².